The number of aromatic carboxylic acids is 1. The summed E-state index contributed by atoms with van der Waals surface area (Å²) in [7, 11) is -4.27. The summed E-state index contributed by atoms with van der Waals surface area (Å²) >= 11 is 0. The van der Waals surface area contributed by atoms with Crippen LogP contribution < -0.4 is 34.1 Å². The maximum absolute atomic E-state index is 14.7. The third kappa shape index (κ3) is 29.4. The number of sulfonamides is 4. The van der Waals surface area contributed by atoms with Gasteiger partial charge in [-0.25, -0.2) is 78.8 Å². The molecule has 4 aliphatic carbocycles. The summed E-state index contributed by atoms with van der Waals surface area (Å²) in [6, 6.07) is 43.3. The van der Waals surface area contributed by atoms with Crippen molar-refractivity contribution in [2.45, 2.75) is 147 Å². The van der Waals surface area contributed by atoms with Crippen molar-refractivity contribution < 1.29 is 112 Å². The van der Waals surface area contributed by atoms with Gasteiger partial charge in [-0.2, -0.15) is 12.9 Å². The molecule has 4 aliphatic heterocycles. The van der Waals surface area contributed by atoms with Gasteiger partial charge in [0.25, 0.3) is 15.0 Å². The second-order valence-electron chi connectivity index (χ2n) is 34.9. The second kappa shape index (κ2) is 42.7. The van der Waals surface area contributed by atoms with Crippen LogP contribution >= 0.6 is 40.7 Å². The molecule has 0 atom stereocenters. The third-order valence-corrected chi connectivity index (χ3v) is 28.6. The molecule has 130 heavy (non-hydrogen) atoms. The maximum Gasteiger partial charge on any atom is 0.341 e. The minimum atomic E-state index is -3.82. The molecular formula is C90H105Cl3F4N6O21S6. The summed E-state index contributed by atoms with van der Waals surface area (Å²) < 4.78 is 217. The molecule has 4 heterocycles. The Bertz CT molecular complexity index is 5970. The lowest BCUT2D eigenvalue weighted by Gasteiger charge is -2.37. The van der Waals surface area contributed by atoms with Crippen molar-refractivity contribution in [2.75, 3.05) is 91.3 Å². The van der Waals surface area contributed by atoms with Crippen LogP contribution in [0.2, 0.25) is 0 Å². The number of amides is 1. The Kier molecular flexibility index (Phi) is 33.5. The Labute approximate surface area is 771 Å². The molecule has 16 rings (SSSR count). The zero-order chi connectivity index (χ0) is 94.8. The van der Waals surface area contributed by atoms with Gasteiger partial charge in [0, 0.05) is 117 Å². The molecule has 0 radical (unpaired) electrons. The number of esters is 2. The van der Waals surface area contributed by atoms with E-state index in [9.17, 15) is 78.8 Å². The van der Waals surface area contributed by atoms with Crippen molar-refractivity contribution in [3.8, 4) is 23.0 Å². The molecule has 1 amide bonds. The summed E-state index contributed by atoms with van der Waals surface area (Å²) in [5, 5.41) is 17.3. The van der Waals surface area contributed by atoms with Crippen LogP contribution in [0.15, 0.2) is 189 Å². The lowest BCUT2D eigenvalue weighted by molar-refractivity contribution is 0.00515. The molecule has 27 nitrogen and oxygen atoms in total. The molecule has 0 unspecified atom stereocenters. The topological polar surface area (TPSA) is 374 Å². The van der Waals surface area contributed by atoms with Gasteiger partial charge in [-0.1, -0.05) is 72.8 Å². The molecule has 706 valence electrons. The number of nitrogens with zero attached hydrogens (tertiary/aromatic N) is 3. The van der Waals surface area contributed by atoms with E-state index in [2.05, 4.69) is 5.32 Å². The number of hydrogen-bond acceptors (Lipinski definition) is 22. The number of nitrogens with one attached hydrogen (secondary N) is 2. The first kappa shape index (κ1) is 102. The highest BCUT2D eigenvalue weighted by Crippen LogP contribution is 2.50. The van der Waals surface area contributed by atoms with E-state index in [1.807, 2.05) is 0 Å². The largest absolute Gasteiger partial charge is 0.493 e. The minimum absolute atomic E-state index is 0.000476. The minimum Gasteiger partial charge on any atom is -0.493 e. The number of hydrogen-bond donors (Lipinski definition) is 4. The maximum atomic E-state index is 14.7. The zero-order valence-corrected chi connectivity index (χ0v) is 79.7. The first-order chi connectivity index (χ1) is 60.9. The molecule has 0 spiro atoms. The molecular weight excluding hydrogens is 1880 g/mol. The molecule has 0 bridgehead atoms. The SMILES string of the molecule is CC(C)(C)OC(=O)c1cc(C2CC2)c(OCC2CN(S(=O)(=O)c3ccccc3)C2)cc1F.CC(C)(C)OC(=O)c1cc(C2CC2)c(OCC2CNC2)cc1F.CS(=O)(=O)NC(=O)c1cc(C2CC2)c(OCC2CN(S(=O)(=O)c3ccccc3)C2)cc1F.CS(N)(Cl)Cl.O=C(O)c1cc(C2CC2)c(OCC2CN(S(=O)(=O)c3ccccc3)C2)cc1F.O=S(=O)(Cl)c1ccccc1. The van der Waals surface area contributed by atoms with Crippen LogP contribution in [0.3, 0.4) is 0 Å². The van der Waals surface area contributed by atoms with Gasteiger partial charge in [-0.15, -0.1) is 0 Å². The van der Waals surface area contributed by atoms with Crippen LogP contribution in [0.4, 0.5) is 17.6 Å². The van der Waals surface area contributed by atoms with E-state index >= 15 is 0 Å². The summed E-state index contributed by atoms with van der Waals surface area (Å²) in [6.45, 7) is 15.7. The summed E-state index contributed by atoms with van der Waals surface area (Å²) in [5.74, 6) is -3.57. The van der Waals surface area contributed by atoms with E-state index in [0.29, 0.717) is 91.8 Å². The first-order valence-corrected chi connectivity index (χ1v) is 54.0. The fourth-order valence-corrected chi connectivity index (χ4v) is 19.8. The highest BCUT2D eigenvalue weighted by molar-refractivity contribution is 8.64. The molecule has 8 aromatic rings. The zero-order valence-electron chi connectivity index (χ0n) is 72.6. The summed E-state index contributed by atoms with van der Waals surface area (Å²) in [6.07, 6.45) is 10.0. The summed E-state index contributed by atoms with van der Waals surface area (Å²) in [5.41, 5.74) is 0.957. The van der Waals surface area contributed by atoms with Crippen molar-refractivity contribution in [1.82, 2.24) is 23.0 Å². The summed E-state index contributed by atoms with van der Waals surface area (Å²) in [4.78, 5) is 48.8. The Morgan fingerprint density at radius 2 is 0.654 bits per heavy atom. The van der Waals surface area contributed by atoms with Crippen LogP contribution in [-0.2, 0) is 58.6 Å². The number of benzene rings is 8. The van der Waals surface area contributed by atoms with Crippen LogP contribution in [0.1, 0.15) is 180 Å². The van der Waals surface area contributed by atoms with Crippen LogP contribution in [0.5, 0.6) is 23.0 Å². The molecule has 8 fully saturated rings. The Hall–Kier alpha value is -8.67. The van der Waals surface area contributed by atoms with Crippen molar-refractivity contribution in [3.63, 3.8) is 0 Å². The smallest absolute Gasteiger partial charge is 0.341 e. The predicted molar refractivity (Wildman–Crippen MR) is 486 cm³/mol. The molecule has 8 aliphatic rings. The number of carboxylic acid groups (broad SMARTS) is 1. The number of nitrogens with two attached hydrogens (primary N) is 1. The highest BCUT2D eigenvalue weighted by atomic mass is 36.0. The van der Waals surface area contributed by atoms with Crippen LogP contribution in [0.25, 0.3) is 0 Å². The van der Waals surface area contributed by atoms with E-state index in [4.69, 9.17) is 70.7 Å². The average molecular weight is 1980 g/mol. The fourth-order valence-electron chi connectivity index (χ4n) is 13.8. The fraction of sp³-hybridized carbons (Fsp3) is 0.422. The highest BCUT2D eigenvalue weighted by Gasteiger charge is 2.42. The van der Waals surface area contributed by atoms with Crippen molar-refractivity contribution in [2.24, 2.45) is 28.8 Å². The number of carboxylic acids is 1. The molecule has 0 aromatic heterocycles. The number of rotatable bonds is 28. The monoisotopic (exact) mass is 1980 g/mol. The Morgan fingerprint density at radius 3 is 0.885 bits per heavy atom. The second-order valence-corrected chi connectivity index (χ2v) is 50.9. The number of carbonyl (C=O) groups excluding carboxylic acids is 3. The standard InChI is InChI=1S/C24H28FNO5S.C21H23FN2O6S2.C20H20FNO5S.C18H24FNO3.C6H5ClO2S.CH5Cl2NS/c1-24(2,3)31-23(27)20-11-19(17-9-10-17)22(12-21(20)25)30-15-16-13-26(14-16)32(28,29)18-7-5-4-6-8-18;1-31(26,27)23-21(25)18-9-17(15-7-8-15)20(10-19(18)22)30-13-14-11-24(12-14)32(28,29)16-5-3-2-4-6-16;21-18-9-19(16(14-6-7-14)8-17(18)20(23)24)27-12-13-10-22(11-13)28(25,26)15-4-2-1-3-5-15;1-18(2,3)23-17(21)14-6-13(12-4-5-12)16(7-15(14)19)22-10-11-8-20-9-11;7-10(8,9)6-4-2-1-3-5-6;1-5(2,3)4/h4-8,11-12,16-17H,9-10,13-15H2,1-3H3;2-6,9-10,14-15H,7-8,11-13H2,1H3,(H,23,25);1-5,8-9,13-14H,6-7,10-12H2,(H,23,24);6-7,11-12,20H,4-5,8-10H2,1-3H3;1-5H;4H2,1H3. The van der Waals surface area contributed by atoms with E-state index in [-0.39, 0.29) is 97.2 Å². The molecule has 5 N–H and O–H groups in total. The van der Waals surface area contributed by atoms with E-state index in [1.165, 1.54) is 49.3 Å². The molecule has 4 saturated carbocycles. The molecule has 8 aromatic carbocycles. The Balaban J connectivity index is 0.000000160. The van der Waals surface area contributed by atoms with E-state index < -0.39 is 116 Å². The van der Waals surface area contributed by atoms with Gasteiger partial charge in [-0.3, -0.25) is 9.93 Å². The van der Waals surface area contributed by atoms with Gasteiger partial charge in [0.05, 0.1) is 74.5 Å². The van der Waals surface area contributed by atoms with Gasteiger partial charge in [0.15, 0.2) is 0 Å². The predicted octanol–water partition coefficient (Wildman–Crippen LogP) is 16.0. The first-order valence-electron chi connectivity index (χ1n) is 41.8. The molecule has 4 saturated heterocycles. The van der Waals surface area contributed by atoms with Crippen LogP contribution in [-0.4, -0.2) is 186 Å². The Morgan fingerprint density at radius 1 is 0.408 bits per heavy atom. The van der Waals surface area contributed by atoms with E-state index in [0.717, 1.165) is 94.0 Å². The quantitative estimate of drug-likeness (QED) is 0.0201. The lowest BCUT2D eigenvalue weighted by atomic mass is 10.0. The number of halogens is 7. The van der Waals surface area contributed by atoms with Crippen molar-refractivity contribution >= 4 is 114 Å². The lowest BCUT2D eigenvalue weighted by Crippen LogP contribution is -2.51. The molecule has 40 heteroatoms. The average Bonchev–Trinajstić information content (AvgIpc) is 1.56. The van der Waals surface area contributed by atoms with Gasteiger partial charge >= 0.3 is 17.9 Å². The number of ether oxygens (including phenoxy) is 6. The van der Waals surface area contributed by atoms with E-state index in [1.54, 1.807) is 174 Å². The number of carbonyl (C=O) groups is 4. The van der Waals surface area contributed by atoms with Gasteiger partial charge in [0.1, 0.15) is 57.5 Å². The van der Waals surface area contributed by atoms with Crippen molar-refractivity contribution in [3.05, 3.63) is 238 Å². The van der Waals surface area contributed by atoms with Gasteiger partial charge < -0.3 is 38.8 Å². The van der Waals surface area contributed by atoms with Gasteiger partial charge in [-0.05, 0) is 242 Å². The van der Waals surface area contributed by atoms with Gasteiger partial charge in [0.2, 0.25) is 40.1 Å². The normalized spacial score (nSPS) is 17.2. The van der Waals surface area contributed by atoms with Crippen LogP contribution in [0, 0.1) is 46.9 Å². The third-order valence-electron chi connectivity index (χ3n) is 21.2. The van der Waals surface area contributed by atoms with Crippen molar-refractivity contribution in [1.29, 1.82) is 0 Å².